The normalized spacial score (nSPS) is 21.4. The highest BCUT2D eigenvalue weighted by molar-refractivity contribution is 9.18. The van der Waals surface area contributed by atoms with Crippen LogP contribution in [-0.2, 0) is 20.1 Å². The lowest BCUT2D eigenvalue weighted by Crippen LogP contribution is -2.42. The lowest BCUT2D eigenvalue weighted by molar-refractivity contribution is -0.275. The SMILES string of the molecule is Cc1cc(C2=NO[C@@](c3cc(Cl)c(F)c(Cl)c3)(C(F)(F)F)C2)ccc1C(=O)N(C=O)C1CC(Br)=NO1. The third-order valence-corrected chi connectivity index (χ3v) is 6.72. The summed E-state index contributed by atoms with van der Waals surface area (Å²) in [6.45, 7) is 1.55. The molecule has 0 saturated carbocycles. The van der Waals surface area contributed by atoms with E-state index in [0.29, 0.717) is 16.6 Å². The molecule has 4 rings (SSSR count). The second-order valence-corrected chi connectivity index (χ2v) is 9.69. The molecule has 2 amide bonds. The number of aryl methyl sites for hydroxylation is 1. The maximum absolute atomic E-state index is 14.2. The van der Waals surface area contributed by atoms with Gasteiger partial charge in [-0.1, -0.05) is 39.6 Å². The van der Waals surface area contributed by atoms with E-state index in [-0.39, 0.29) is 23.3 Å². The van der Waals surface area contributed by atoms with Crippen LogP contribution in [0, 0.1) is 12.7 Å². The second-order valence-electron chi connectivity index (χ2n) is 7.96. The molecule has 2 atom stereocenters. The standard InChI is InChI=1S/C22H14BrCl2F4N3O4/c1-10-4-11(2-3-13(10)20(34)32(9-33)18-7-17(23)31-35-18)16-8-21(36-30-16,22(27,28)29)12-5-14(24)19(26)15(25)6-12/h2-6,9,18H,7-8H2,1H3/t18?,21-/m0/s1. The van der Waals surface area contributed by atoms with E-state index in [4.69, 9.17) is 32.9 Å². The Kier molecular flexibility index (Phi) is 7.06. The van der Waals surface area contributed by atoms with E-state index in [0.717, 1.165) is 17.0 Å². The molecule has 190 valence electrons. The van der Waals surface area contributed by atoms with Gasteiger partial charge in [-0.25, -0.2) is 9.29 Å². The minimum absolute atomic E-state index is 0.0744. The van der Waals surface area contributed by atoms with Crippen LogP contribution in [0.1, 0.15) is 39.9 Å². The maximum Gasteiger partial charge on any atom is 0.435 e. The smallest absolute Gasteiger partial charge is 0.374 e. The fraction of sp³-hybridized carbons (Fsp3) is 0.273. The summed E-state index contributed by atoms with van der Waals surface area (Å²) in [4.78, 5) is 35.3. The van der Waals surface area contributed by atoms with Crippen molar-refractivity contribution in [2.24, 2.45) is 10.3 Å². The first-order chi connectivity index (χ1) is 16.9. The van der Waals surface area contributed by atoms with E-state index < -0.39 is 51.8 Å². The van der Waals surface area contributed by atoms with Crippen molar-refractivity contribution in [1.82, 2.24) is 4.90 Å². The number of halogens is 7. The van der Waals surface area contributed by atoms with E-state index in [9.17, 15) is 27.2 Å². The molecule has 0 fully saturated rings. The Labute approximate surface area is 219 Å². The van der Waals surface area contributed by atoms with Crippen molar-refractivity contribution in [3.05, 3.63) is 68.4 Å². The fourth-order valence-electron chi connectivity index (χ4n) is 3.80. The van der Waals surface area contributed by atoms with Gasteiger partial charge in [0.15, 0.2) is 5.82 Å². The van der Waals surface area contributed by atoms with Gasteiger partial charge in [-0.05, 0) is 58.2 Å². The molecule has 2 aromatic rings. The Bertz CT molecular complexity index is 1300. The zero-order valence-corrected chi connectivity index (χ0v) is 21.2. The maximum atomic E-state index is 14.2. The van der Waals surface area contributed by atoms with Crippen molar-refractivity contribution < 1.29 is 36.8 Å². The van der Waals surface area contributed by atoms with Crippen LogP contribution >= 0.6 is 39.1 Å². The van der Waals surface area contributed by atoms with Crippen LogP contribution in [0.2, 0.25) is 10.0 Å². The third kappa shape index (κ3) is 4.57. The topological polar surface area (TPSA) is 80.6 Å². The van der Waals surface area contributed by atoms with Crippen molar-refractivity contribution in [2.75, 3.05) is 0 Å². The molecular weight excluding hydrogens is 597 g/mol. The summed E-state index contributed by atoms with van der Waals surface area (Å²) < 4.78 is 56.9. The van der Waals surface area contributed by atoms with Gasteiger partial charge >= 0.3 is 6.18 Å². The zero-order valence-electron chi connectivity index (χ0n) is 18.1. The van der Waals surface area contributed by atoms with Gasteiger partial charge in [0, 0.05) is 17.5 Å². The fourth-order valence-corrected chi connectivity index (χ4v) is 4.65. The van der Waals surface area contributed by atoms with Gasteiger partial charge in [0.05, 0.1) is 22.2 Å². The molecule has 0 spiro atoms. The van der Waals surface area contributed by atoms with Gasteiger partial charge in [-0.3, -0.25) is 9.59 Å². The number of hydrogen-bond acceptors (Lipinski definition) is 6. The molecule has 2 aliphatic heterocycles. The Morgan fingerprint density at radius 2 is 1.89 bits per heavy atom. The van der Waals surface area contributed by atoms with Gasteiger partial charge in [0.2, 0.25) is 12.6 Å². The van der Waals surface area contributed by atoms with Crippen molar-refractivity contribution in [2.45, 2.75) is 37.8 Å². The van der Waals surface area contributed by atoms with Crippen LogP contribution < -0.4 is 0 Å². The summed E-state index contributed by atoms with van der Waals surface area (Å²) in [7, 11) is 0. The molecule has 7 nitrogen and oxygen atoms in total. The summed E-state index contributed by atoms with van der Waals surface area (Å²) in [5.41, 5.74) is -2.81. The molecule has 2 heterocycles. The lowest BCUT2D eigenvalue weighted by atomic mass is 9.86. The number of carbonyl (C=O) groups excluding carboxylic acids is 2. The average Bonchev–Trinajstić information content (AvgIpc) is 3.45. The number of benzene rings is 2. The second kappa shape index (κ2) is 9.64. The van der Waals surface area contributed by atoms with Crippen molar-refractivity contribution in [3.8, 4) is 0 Å². The number of amides is 2. The highest BCUT2D eigenvalue weighted by Crippen LogP contribution is 2.50. The number of hydrogen-bond donors (Lipinski definition) is 0. The summed E-state index contributed by atoms with van der Waals surface area (Å²) in [6.07, 6.45) is -6.17. The molecule has 1 unspecified atom stereocenters. The predicted molar refractivity (Wildman–Crippen MR) is 126 cm³/mol. The molecular formula is C22H14BrCl2F4N3O4. The molecule has 0 N–H and O–H groups in total. The number of oxime groups is 2. The lowest BCUT2D eigenvalue weighted by Gasteiger charge is -2.29. The van der Waals surface area contributed by atoms with Crippen LogP contribution in [0.3, 0.4) is 0 Å². The van der Waals surface area contributed by atoms with Crippen LogP contribution in [0.25, 0.3) is 0 Å². The molecule has 0 aliphatic carbocycles. The van der Waals surface area contributed by atoms with Gasteiger partial charge in [0.1, 0.15) is 4.62 Å². The minimum atomic E-state index is -4.96. The van der Waals surface area contributed by atoms with Crippen molar-refractivity contribution in [1.29, 1.82) is 0 Å². The Hall–Kier alpha value is -2.70. The minimum Gasteiger partial charge on any atom is -0.374 e. The monoisotopic (exact) mass is 609 g/mol. The molecule has 36 heavy (non-hydrogen) atoms. The average molecular weight is 611 g/mol. The van der Waals surface area contributed by atoms with Crippen LogP contribution in [-0.4, -0.2) is 40.0 Å². The largest absolute Gasteiger partial charge is 0.435 e. The van der Waals surface area contributed by atoms with Crippen LogP contribution in [0.4, 0.5) is 17.6 Å². The summed E-state index contributed by atoms with van der Waals surface area (Å²) in [6, 6.07) is 5.77. The predicted octanol–water partition coefficient (Wildman–Crippen LogP) is 6.08. The van der Waals surface area contributed by atoms with Gasteiger partial charge in [0.25, 0.3) is 11.5 Å². The highest BCUT2D eigenvalue weighted by atomic mass is 79.9. The van der Waals surface area contributed by atoms with E-state index in [2.05, 4.69) is 26.2 Å². The van der Waals surface area contributed by atoms with E-state index in [1.54, 1.807) is 6.92 Å². The van der Waals surface area contributed by atoms with Crippen LogP contribution in [0.5, 0.6) is 0 Å². The molecule has 0 bridgehead atoms. The first kappa shape index (κ1) is 26.4. The van der Waals surface area contributed by atoms with Gasteiger partial charge in [-0.15, -0.1) is 0 Å². The van der Waals surface area contributed by atoms with E-state index in [1.807, 2.05) is 0 Å². The Morgan fingerprint density at radius 3 is 2.42 bits per heavy atom. The highest BCUT2D eigenvalue weighted by Gasteiger charge is 2.62. The molecule has 2 aromatic carbocycles. The van der Waals surface area contributed by atoms with Crippen molar-refractivity contribution in [3.63, 3.8) is 0 Å². The number of rotatable bonds is 5. The summed E-state index contributed by atoms with van der Waals surface area (Å²) in [5, 5.41) is 6.10. The van der Waals surface area contributed by atoms with E-state index >= 15 is 0 Å². The Morgan fingerprint density at radius 1 is 1.22 bits per heavy atom. The zero-order chi connectivity index (χ0) is 26.4. The first-order valence-electron chi connectivity index (χ1n) is 10.1. The number of alkyl halides is 3. The summed E-state index contributed by atoms with van der Waals surface area (Å²) >= 11 is 14.6. The number of imide groups is 1. The summed E-state index contributed by atoms with van der Waals surface area (Å²) in [5.74, 6) is -1.73. The number of nitrogens with zero attached hydrogens (tertiary/aromatic N) is 3. The molecule has 14 heteroatoms. The molecule has 2 aliphatic rings. The van der Waals surface area contributed by atoms with Gasteiger partial charge in [-0.2, -0.15) is 13.2 Å². The molecule has 0 aromatic heterocycles. The number of carbonyl (C=O) groups is 2. The first-order valence-corrected chi connectivity index (χ1v) is 11.7. The van der Waals surface area contributed by atoms with Gasteiger partial charge < -0.3 is 9.68 Å². The molecule has 0 saturated heterocycles. The molecule has 0 radical (unpaired) electrons. The van der Waals surface area contributed by atoms with E-state index in [1.165, 1.54) is 18.2 Å². The Balaban J connectivity index is 1.62. The van der Waals surface area contributed by atoms with Crippen LogP contribution in [0.15, 0.2) is 40.6 Å². The van der Waals surface area contributed by atoms with Crippen molar-refractivity contribution >= 4 is 61.8 Å². The quantitative estimate of drug-likeness (QED) is 0.234. The third-order valence-electron chi connectivity index (χ3n) is 5.70.